The number of amides is 2. The number of piperazine rings is 1. The maximum atomic E-state index is 13.4. The molecule has 1 saturated heterocycles. The lowest BCUT2D eigenvalue weighted by molar-refractivity contribution is -0.132. The first-order valence-electron chi connectivity index (χ1n) is 9.58. The summed E-state index contributed by atoms with van der Waals surface area (Å²) < 4.78 is 13.4. The number of aryl methyl sites for hydroxylation is 1. The summed E-state index contributed by atoms with van der Waals surface area (Å²) in [5.74, 6) is -0.539. The Kier molecular flexibility index (Phi) is 6.41. The minimum absolute atomic E-state index is 0.0585. The molecule has 8 heteroatoms. The lowest BCUT2D eigenvalue weighted by atomic mass is 10.1. The van der Waals surface area contributed by atoms with Gasteiger partial charge in [-0.1, -0.05) is 6.92 Å². The largest absolute Gasteiger partial charge is 0.350 e. The van der Waals surface area contributed by atoms with Crippen LogP contribution in [0.4, 0.5) is 4.39 Å². The molecule has 1 fully saturated rings. The summed E-state index contributed by atoms with van der Waals surface area (Å²) in [5.41, 5.74) is 2.12. The van der Waals surface area contributed by atoms with Crippen LogP contribution in [0.15, 0.2) is 24.3 Å². The van der Waals surface area contributed by atoms with Gasteiger partial charge in [0.1, 0.15) is 11.5 Å². The van der Waals surface area contributed by atoms with Crippen molar-refractivity contribution in [1.29, 1.82) is 0 Å². The second-order valence-electron chi connectivity index (χ2n) is 6.95. The van der Waals surface area contributed by atoms with Crippen molar-refractivity contribution in [1.82, 2.24) is 25.3 Å². The highest BCUT2D eigenvalue weighted by atomic mass is 19.1. The summed E-state index contributed by atoms with van der Waals surface area (Å²) in [6.07, 6.45) is 0.274. The van der Waals surface area contributed by atoms with Crippen molar-refractivity contribution in [2.45, 2.75) is 20.3 Å². The molecule has 0 spiro atoms. The standard InChI is InChI=1S/C20H26FN5O2/c1-3-25-8-10-26(11-9-25)19(27)6-7-22-20(28)18-13-17(23-24-18)15-4-5-16(21)14(2)12-15/h4-5,12-13H,3,6-11H2,1-2H3,(H,22,28)(H,23,24). The molecule has 1 aromatic heterocycles. The molecule has 28 heavy (non-hydrogen) atoms. The Balaban J connectivity index is 1.48. The van der Waals surface area contributed by atoms with E-state index in [4.69, 9.17) is 0 Å². The average molecular weight is 387 g/mol. The first-order chi connectivity index (χ1) is 13.5. The van der Waals surface area contributed by atoms with Crippen LogP contribution in [0.25, 0.3) is 11.3 Å². The predicted molar refractivity (Wildman–Crippen MR) is 104 cm³/mol. The van der Waals surface area contributed by atoms with Crippen molar-refractivity contribution < 1.29 is 14.0 Å². The normalized spacial score (nSPS) is 14.9. The molecule has 2 N–H and O–H groups in total. The molecule has 150 valence electrons. The molecule has 0 aliphatic carbocycles. The van der Waals surface area contributed by atoms with Crippen LogP contribution in [0.5, 0.6) is 0 Å². The number of carbonyl (C=O) groups is 2. The zero-order valence-electron chi connectivity index (χ0n) is 16.3. The Labute approximate surface area is 163 Å². The summed E-state index contributed by atoms with van der Waals surface area (Å²) in [7, 11) is 0. The molecule has 0 saturated carbocycles. The van der Waals surface area contributed by atoms with E-state index in [9.17, 15) is 14.0 Å². The molecule has 0 atom stereocenters. The number of aromatic amines is 1. The number of carbonyl (C=O) groups excluding carboxylic acids is 2. The van der Waals surface area contributed by atoms with Gasteiger partial charge in [-0.25, -0.2) is 4.39 Å². The quantitative estimate of drug-likeness (QED) is 0.792. The van der Waals surface area contributed by atoms with E-state index >= 15 is 0 Å². The maximum absolute atomic E-state index is 13.4. The van der Waals surface area contributed by atoms with Gasteiger partial charge in [0.05, 0.1) is 5.69 Å². The molecule has 2 amide bonds. The molecule has 7 nitrogen and oxygen atoms in total. The van der Waals surface area contributed by atoms with Crippen LogP contribution in [-0.2, 0) is 4.79 Å². The van der Waals surface area contributed by atoms with Crippen molar-refractivity contribution in [3.63, 3.8) is 0 Å². The molecule has 2 aromatic rings. The van der Waals surface area contributed by atoms with Gasteiger partial charge in [-0.2, -0.15) is 5.10 Å². The van der Waals surface area contributed by atoms with Gasteiger partial charge in [-0.05, 0) is 43.3 Å². The number of rotatable bonds is 6. The zero-order valence-corrected chi connectivity index (χ0v) is 16.3. The fraction of sp³-hybridized carbons (Fsp3) is 0.450. The number of nitrogens with one attached hydrogen (secondary N) is 2. The number of halogens is 1. The van der Waals surface area contributed by atoms with Crippen molar-refractivity contribution >= 4 is 11.8 Å². The fourth-order valence-corrected chi connectivity index (χ4v) is 3.24. The molecule has 2 heterocycles. The number of aromatic nitrogens is 2. The second kappa shape index (κ2) is 8.97. The number of H-pyrrole nitrogens is 1. The minimum Gasteiger partial charge on any atom is -0.350 e. The monoisotopic (exact) mass is 387 g/mol. The molecule has 3 rings (SSSR count). The van der Waals surface area contributed by atoms with E-state index < -0.39 is 0 Å². The van der Waals surface area contributed by atoms with E-state index in [0.29, 0.717) is 17.0 Å². The van der Waals surface area contributed by atoms with Gasteiger partial charge in [0.2, 0.25) is 5.91 Å². The van der Waals surface area contributed by atoms with Crippen LogP contribution < -0.4 is 5.32 Å². The Morgan fingerprint density at radius 1 is 1.21 bits per heavy atom. The summed E-state index contributed by atoms with van der Waals surface area (Å²) >= 11 is 0. The molecule has 0 unspecified atom stereocenters. The Morgan fingerprint density at radius 2 is 1.96 bits per heavy atom. The minimum atomic E-state index is -0.318. The third-order valence-electron chi connectivity index (χ3n) is 5.07. The topological polar surface area (TPSA) is 81.3 Å². The first-order valence-corrected chi connectivity index (χ1v) is 9.58. The highest BCUT2D eigenvalue weighted by molar-refractivity contribution is 5.93. The third kappa shape index (κ3) is 4.75. The van der Waals surface area contributed by atoms with Gasteiger partial charge in [0.15, 0.2) is 0 Å². The number of likely N-dealkylation sites (N-methyl/N-ethyl adjacent to an activating group) is 1. The van der Waals surface area contributed by atoms with Gasteiger partial charge < -0.3 is 15.1 Å². The van der Waals surface area contributed by atoms with Gasteiger partial charge in [-0.3, -0.25) is 14.7 Å². The van der Waals surface area contributed by atoms with Gasteiger partial charge in [-0.15, -0.1) is 0 Å². The summed E-state index contributed by atoms with van der Waals surface area (Å²) in [5, 5.41) is 9.56. The average Bonchev–Trinajstić information content (AvgIpc) is 3.20. The van der Waals surface area contributed by atoms with Crippen molar-refractivity contribution in [3.05, 3.63) is 41.3 Å². The van der Waals surface area contributed by atoms with Crippen molar-refractivity contribution in [2.24, 2.45) is 0 Å². The van der Waals surface area contributed by atoms with Crippen LogP contribution in [0.2, 0.25) is 0 Å². The lowest BCUT2D eigenvalue weighted by Gasteiger charge is -2.34. The molecular formula is C20H26FN5O2. The van der Waals surface area contributed by atoms with Crippen LogP contribution in [0.1, 0.15) is 29.4 Å². The first kappa shape index (κ1) is 20.0. The second-order valence-corrected chi connectivity index (χ2v) is 6.95. The molecule has 1 aliphatic heterocycles. The zero-order chi connectivity index (χ0) is 20.1. The van der Waals surface area contributed by atoms with Crippen molar-refractivity contribution in [2.75, 3.05) is 39.3 Å². The maximum Gasteiger partial charge on any atom is 0.269 e. The fourth-order valence-electron chi connectivity index (χ4n) is 3.24. The Morgan fingerprint density at radius 3 is 2.64 bits per heavy atom. The van der Waals surface area contributed by atoms with Gasteiger partial charge in [0.25, 0.3) is 5.91 Å². The number of nitrogens with zero attached hydrogens (tertiary/aromatic N) is 3. The number of hydrogen-bond donors (Lipinski definition) is 2. The molecule has 0 radical (unpaired) electrons. The highest BCUT2D eigenvalue weighted by Crippen LogP contribution is 2.20. The van der Waals surface area contributed by atoms with E-state index in [1.54, 1.807) is 25.1 Å². The lowest BCUT2D eigenvalue weighted by Crippen LogP contribution is -2.49. The summed E-state index contributed by atoms with van der Waals surface area (Å²) in [6.45, 7) is 8.34. The number of hydrogen-bond acceptors (Lipinski definition) is 4. The van der Waals surface area contributed by atoms with E-state index in [2.05, 4.69) is 27.3 Å². The van der Waals surface area contributed by atoms with Crippen LogP contribution >= 0.6 is 0 Å². The van der Waals surface area contributed by atoms with Crippen LogP contribution in [-0.4, -0.2) is 71.1 Å². The smallest absolute Gasteiger partial charge is 0.269 e. The van der Waals surface area contributed by atoms with E-state index in [1.165, 1.54) is 6.07 Å². The summed E-state index contributed by atoms with van der Waals surface area (Å²) in [4.78, 5) is 28.7. The van der Waals surface area contributed by atoms with E-state index in [1.807, 2.05) is 4.90 Å². The third-order valence-corrected chi connectivity index (χ3v) is 5.07. The van der Waals surface area contributed by atoms with E-state index in [0.717, 1.165) is 38.3 Å². The molecule has 1 aliphatic rings. The van der Waals surface area contributed by atoms with E-state index in [-0.39, 0.29) is 30.6 Å². The van der Waals surface area contributed by atoms with Gasteiger partial charge in [0, 0.05) is 44.7 Å². The Hall–Kier alpha value is -2.74. The predicted octanol–water partition coefficient (Wildman–Crippen LogP) is 1.81. The van der Waals surface area contributed by atoms with Crippen LogP contribution in [0, 0.1) is 12.7 Å². The number of benzene rings is 1. The van der Waals surface area contributed by atoms with Crippen molar-refractivity contribution in [3.8, 4) is 11.3 Å². The molecule has 1 aromatic carbocycles. The molecule has 0 bridgehead atoms. The molecular weight excluding hydrogens is 361 g/mol. The summed E-state index contributed by atoms with van der Waals surface area (Å²) in [6, 6.07) is 6.31. The Bertz CT molecular complexity index is 843. The SMILES string of the molecule is CCN1CCN(C(=O)CCNC(=O)c2cc(-c3ccc(F)c(C)c3)n[nH]2)CC1. The van der Waals surface area contributed by atoms with Crippen LogP contribution in [0.3, 0.4) is 0 Å². The van der Waals surface area contributed by atoms with Gasteiger partial charge >= 0.3 is 0 Å². The highest BCUT2D eigenvalue weighted by Gasteiger charge is 2.20.